The van der Waals surface area contributed by atoms with Crippen LogP contribution in [-0.4, -0.2) is 19.0 Å². The van der Waals surface area contributed by atoms with Crippen molar-refractivity contribution in [2.24, 2.45) is 11.8 Å². The van der Waals surface area contributed by atoms with Gasteiger partial charge in [0, 0.05) is 19.1 Å². The number of Topliss-reactive ketones (excluding diaryl/α,β-unsaturated/α-hetero) is 1. The number of ketones is 1. The van der Waals surface area contributed by atoms with E-state index in [0.717, 1.165) is 6.42 Å². The topological polar surface area (TPSA) is 26.3 Å². The maximum atomic E-state index is 11.6. The largest absolute Gasteiger partial charge is 0.381 e. The fraction of sp³-hybridized carbons (Fsp3) is 0.700. The summed E-state index contributed by atoms with van der Waals surface area (Å²) in [5.41, 5.74) is 0.675. The monoisotopic (exact) mass is 168 g/mol. The zero-order valence-electron chi connectivity index (χ0n) is 7.80. The van der Waals surface area contributed by atoms with Gasteiger partial charge in [0.1, 0.15) is 0 Å². The van der Waals surface area contributed by atoms with Gasteiger partial charge in [0.2, 0.25) is 0 Å². The van der Waals surface area contributed by atoms with E-state index >= 15 is 0 Å². The fourth-order valence-electron chi connectivity index (χ4n) is 1.59. The predicted molar refractivity (Wildman–Crippen MR) is 47.9 cm³/mol. The molecule has 68 valence electrons. The molecule has 2 heteroatoms. The highest BCUT2D eigenvalue weighted by Crippen LogP contribution is 2.24. The lowest BCUT2D eigenvalue weighted by Gasteiger charge is -2.27. The first-order chi connectivity index (χ1) is 5.63. The maximum absolute atomic E-state index is 11.6. The number of allylic oxidation sites excluding steroid dienone is 1. The van der Waals surface area contributed by atoms with Crippen molar-refractivity contribution in [3.8, 4) is 0 Å². The van der Waals surface area contributed by atoms with E-state index in [1.165, 1.54) is 0 Å². The summed E-state index contributed by atoms with van der Waals surface area (Å²) in [6.45, 7) is 8.95. The summed E-state index contributed by atoms with van der Waals surface area (Å²) < 4.78 is 5.26. The van der Waals surface area contributed by atoms with E-state index in [4.69, 9.17) is 4.74 Å². The first-order valence-electron chi connectivity index (χ1n) is 4.40. The minimum absolute atomic E-state index is 0.149. The van der Waals surface area contributed by atoms with Crippen molar-refractivity contribution in [1.82, 2.24) is 0 Å². The van der Waals surface area contributed by atoms with Crippen molar-refractivity contribution in [1.29, 1.82) is 0 Å². The lowest BCUT2D eigenvalue weighted by Crippen LogP contribution is -2.31. The van der Waals surface area contributed by atoms with E-state index < -0.39 is 0 Å². The van der Waals surface area contributed by atoms with Gasteiger partial charge in [-0.1, -0.05) is 13.5 Å². The molecular weight excluding hydrogens is 152 g/mol. The van der Waals surface area contributed by atoms with Crippen LogP contribution in [0.2, 0.25) is 0 Å². The number of hydrogen-bond donors (Lipinski definition) is 0. The third-order valence-electron chi connectivity index (χ3n) is 2.40. The zero-order valence-corrected chi connectivity index (χ0v) is 7.80. The molecule has 0 N–H and O–H groups in total. The Labute approximate surface area is 73.6 Å². The summed E-state index contributed by atoms with van der Waals surface area (Å²) in [5.74, 6) is 0.713. The third-order valence-corrected chi connectivity index (χ3v) is 2.40. The van der Waals surface area contributed by atoms with E-state index in [1.807, 2.05) is 0 Å². The Morgan fingerprint density at radius 1 is 1.58 bits per heavy atom. The van der Waals surface area contributed by atoms with Crippen molar-refractivity contribution in [2.75, 3.05) is 13.2 Å². The van der Waals surface area contributed by atoms with Crippen molar-refractivity contribution in [3.63, 3.8) is 0 Å². The lowest BCUT2D eigenvalue weighted by atomic mass is 9.84. The molecule has 0 amide bonds. The molecule has 0 aliphatic carbocycles. The summed E-state index contributed by atoms with van der Waals surface area (Å²) >= 11 is 0. The van der Waals surface area contributed by atoms with Gasteiger partial charge in [0.05, 0.1) is 0 Å². The molecule has 0 aromatic carbocycles. The Bertz CT molecular complexity index is 196. The van der Waals surface area contributed by atoms with Gasteiger partial charge in [-0.05, 0) is 24.8 Å². The molecule has 1 heterocycles. The fourth-order valence-corrected chi connectivity index (χ4v) is 1.59. The summed E-state index contributed by atoms with van der Waals surface area (Å²) in [6, 6.07) is 0. The Morgan fingerprint density at radius 2 is 2.25 bits per heavy atom. The third kappa shape index (κ3) is 1.95. The van der Waals surface area contributed by atoms with E-state index in [1.54, 1.807) is 6.92 Å². The summed E-state index contributed by atoms with van der Waals surface area (Å²) in [6.07, 6.45) is 0.854. The van der Waals surface area contributed by atoms with Gasteiger partial charge < -0.3 is 4.74 Å². The molecule has 0 spiro atoms. The Balaban J connectivity index is 2.59. The minimum Gasteiger partial charge on any atom is -0.381 e. The molecule has 1 aliphatic rings. The molecule has 2 atom stereocenters. The Hall–Kier alpha value is -0.630. The average molecular weight is 168 g/mol. The highest BCUT2D eigenvalue weighted by atomic mass is 16.5. The molecule has 1 fully saturated rings. The molecular formula is C10H16O2. The molecule has 2 unspecified atom stereocenters. The number of carbonyl (C=O) groups excluding carboxylic acids is 1. The van der Waals surface area contributed by atoms with Crippen molar-refractivity contribution in [2.45, 2.75) is 20.3 Å². The Morgan fingerprint density at radius 3 is 2.75 bits per heavy atom. The number of hydrogen-bond acceptors (Lipinski definition) is 2. The number of ether oxygens (including phenoxy) is 1. The molecule has 0 bridgehead atoms. The van der Waals surface area contributed by atoms with Gasteiger partial charge in [0.15, 0.2) is 5.78 Å². The standard InChI is InChI=1S/C10H16O2/c1-7(2)10(11)9-4-5-12-6-8(9)3/h8-9H,1,4-6H2,2-3H3. The smallest absolute Gasteiger partial charge is 0.161 e. The first-order valence-corrected chi connectivity index (χ1v) is 4.40. The first kappa shape index (κ1) is 9.46. The van der Waals surface area contributed by atoms with Gasteiger partial charge in [-0.15, -0.1) is 0 Å². The second-order valence-electron chi connectivity index (χ2n) is 3.59. The van der Waals surface area contributed by atoms with Crippen LogP contribution < -0.4 is 0 Å². The highest BCUT2D eigenvalue weighted by Gasteiger charge is 2.28. The van der Waals surface area contributed by atoms with Crippen molar-refractivity contribution in [3.05, 3.63) is 12.2 Å². The molecule has 12 heavy (non-hydrogen) atoms. The van der Waals surface area contributed by atoms with Crippen LogP contribution in [-0.2, 0) is 9.53 Å². The molecule has 1 aliphatic heterocycles. The van der Waals surface area contributed by atoms with Gasteiger partial charge >= 0.3 is 0 Å². The second-order valence-corrected chi connectivity index (χ2v) is 3.59. The van der Waals surface area contributed by atoms with Crippen LogP contribution in [0.5, 0.6) is 0 Å². The molecule has 0 aromatic heterocycles. The molecule has 0 radical (unpaired) electrons. The van der Waals surface area contributed by atoms with Gasteiger partial charge in [-0.2, -0.15) is 0 Å². The van der Waals surface area contributed by atoms with Crippen LogP contribution in [0.1, 0.15) is 20.3 Å². The minimum atomic E-state index is 0.149. The Kier molecular flexibility index (Phi) is 3.04. The number of rotatable bonds is 2. The second kappa shape index (κ2) is 3.85. The highest BCUT2D eigenvalue weighted by molar-refractivity contribution is 5.96. The summed E-state index contributed by atoms with van der Waals surface area (Å²) in [7, 11) is 0. The van der Waals surface area contributed by atoms with Crippen LogP contribution in [0.4, 0.5) is 0 Å². The van der Waals surface area contributed by atoms with E-state index in [9.17, 15) is 4.79 Å². The summed E-state index contributed by atoms with van der Waals surface area (Å²) in [5, 5.41) is 0. The van der Waals surface area contributed by atoms with Gasteiger partial charge in [-0.25, -0.2) is 0 Å². The normalized spacial score (nSPS) is 29.8. The van der Waals surface area contributed by atoms with E-state index in [-0.39, 0.29) is 11.7 Å². The number of carbonyl (C=O) groups is 1. The predicted octanol–water partition coefficient (Wildman–Crippen LogP) is 1.80. The van der Waals surface area contributed by atoms with Crippen LogP contribution in [0.25, 0.3) is 0 Å². The lowest BCUT2D eigenvalue weighted by molar-refractivity contribution is -0.124. The molecule has 0 aromatic rings. The van der Waals surface area contributed by atoms with Crippen LogP contribution in [0.3, 0.4) is 0 Å². The summed E-state index contributed by atoms with van der Waals surface area (Å²) in [4.78, 5) is 11.6. The van der Waals surface area contributed by atoms with Crippen molar-refractivity contribution >= 4 is 5.78 Å². The van der Waals surface area contributed by atoms with Crippen LogP contribution in [0, 0.1) is 11.8 Å². The van der Waals surface area contributed by atoms with Crippen LogP contribution in [0.15, 0.2) is 12.2 Å². The SMILES string of the molecule is C=C(C)C(=O)C1CCOCC1C. The molecule has 2 nitrogen and oxygen atoms in total. The molecule has 1 saturated heterocycles. The van der Waals surface area contributed by atoms with E-state index in [0.29, 0.717) is 24.7 Å². The molecule has 0 saturated carbocycles. The molecule has 1 rings (SSSR count). The van der Waals surface area contributed by atoms with Gasteiger partial charge in [-0.3, -0.25) is 4.79 Å². The van der Waals surface area contributed by atoms with Crippen LogP contribution >= 0.6 is 0 Å². The average Bonchev–Trinajstić information content (AvgIpc) is 2.04. The maximum Gasteiger partial charge on any atom is 0.161 e. The van der Waals surface area contributed by atoms with Crippen molar-refractivity contribution < 1.29 is 9.53 Å². The zero-order chi connectivity index (χ0) is 9.14. The van der Waals surface area contributed by atoms with E-state index in [2.05, 4.69) is 13.5 Å². The quantitative estimate of drug-likeness (QED) is 0.588. The van der Waals surface area contributed by atoms with Gasteiger partial charge in [0.25, 0.3) is 0 Å².